The number of aliphatic imine (C=N–C) groups is 1. The molecule has 0 bridgehead atoms. The van der Waals surface area contributed by atoms with E-state index < -0.39 is 0 Å². The largest absolute Gasteiger partial charge is 0.491 e. The number of hydrogen-bond donors (Lipinski definition) is 0. The zero-order valence-corrected chi connectivity index (χ0v) is 13.5. The highest BCUT2D eigenvalue weighted by molar-refractivity contribution is 6.31. The van der Waals surface area contributed by atoms with Crippen LogP contribution in [0.2, 0.25) is 5.02 Å². The zero-order chi connectivity index (χ0) is 15.5. The van der Waals surface area contributed by atoms with Gasteiger partial charge in [-0.1, -0.05) is 35.9 Å². The van der Waals surface area contributed by atoms with Crippen LogP contribution in [-0.4, -0.2) is 43.9 Å². The van der Waals surface area contributed by atoms with Gasteiger partial charge < -0.3 is 9.64 Å². The van der Waals surface area contributed by atoms with Crippen molar-refractivity contribution in [1.29, 1.82) is 0 Å². The van der Waals surface area contributed by atoms with Gasteiger partial charge in [-0.15, -0.1) is 0 Å². The predicted octanol–water partition coefficient (Wildman–Crippen LogP) is 3.50. The number of fused-ring (bicyclic) bond motifs is 1. The number of ether oxygens (including phenoxy) is 1. The lowest BCUT2D eigenvalue weighted by atomic mass is 10.0. The average Bonchev–Trinajstić information content (AvgIpc) is 2.67. The Morgan fingerprint density at radius 2 is 2.00 bits per heavy atom. The molecule has 0 spiro atoms. The van der Waals surface area contributed by atoms with Crippen molar-refractivity contribution in [2.75, 3.05) is 27.2 Å². The second-order valence-electron chi connectivity index (χ2n) is 5.71. The Bertz CT molecular complexity index is 697. The zero-order valence-electron chi connectivity index (χ0n) is 12.8. The van der Waals surface area contributed by atoms with E-state index in [9.17, 15) is 0 Å². The average molecular weight is 315 g/mol. The molecule has 1 unspecified atom stereocenters. The van der Waals surface area contributed by atoms with Crippen LogP contribution in [0.15, 0.2) is 53.5 Å². The van der Waals surface area contributed by atoms with Crippen LogP contribution in [0.25, 0.3) is 0 Å². The fourth-order valence-corrected chi connectivity index (χ4v) is 2.83. The summed E-state index contributed by atoms with van der Waals surface area (Å²) in [5.74, 6) is 0.877. The predicted molar refractivity (Wildman–Crippen MR) is 91.4 cm³/mol. The summed E-state index contributed by atoms with van der Waals surface area (Å²) >= 11 is 6.16. The van der Waals surface area contributed by atoms with Gasteiger partial charge >= 0.3 is 0 Å². The Morgan fingerprint density at radius 1 is 1.18 bits per heavy atom. The molecule has 0 saturated carbocycles. The molecule has 1 aliphatic rings. The van der Waals surface area contributed by atoms with Crippen LogP contribution in [0.1, 0.15) is 11.1 Å². The summed E-state index contributed by atoms with van der Waals surface area (Å²) < 4.78 is 5.97. The van der Waals surface area contributed by atoms with Crippen molar-refractivity contribution >= 4 is 17.3 Å². The van der Waals surface area contributed by atoms with Gasteiger partial charge in [0, 0.05) is 22.7 Å². The summed E-state index contributed by atoms with van der Waals surface area (Å²) in [6.07, 6.45) is 0. The molecule has 0 amide bonds. The van der Waals surface area contributed by atoms with E-state index in [0.717, 1.165) is 29.1 Å². The van der Waals surface area contributed by atoms with Gasteiger partial charge in [-0.25, -0.2) is 0 Å². The second kappa shape index (κ2) is 6.51. The molecule has 0 aromatic heterocycles. The van der Waals surface area contributed by atoms with Gasteiger partial charge in [-0.3, -0.25) is 4.99 Å². The van der Waals surface area contributed by atoms with Gasteiger partial charge in [-0.2, -0.15) is 0 Å². The summed E-state index contributed by atoms with van der Waals surface area (Å²) in [5, 5.41) is 0.715. The summed E-state index contributed by atoms with van der Waals surface area (Å²) in [5.41, 5.74) is 2.99. The van der Waals surface area contributed by atoms with Gasteiger partial charge in [0.05, 0.1) is 11.8 Å². The minimum Gasteiger partial charge on any atom is -0.491 e. The molecule has 0 saturated heterocycles. The number of para-hydroxylation sites is 1. The normalized spacial score (nSPS) is 17.5. The maximum Gasteiger partial charge on any atom is 0.128 e. The van der Waals surface area contributed by atoms with Crippen molar-refractivity contribution < 1.29 is 4.74 Å². The Hall–Kier alpha value is -1.84. The highest BCUT2D eigenvalue weighted by Gasteiger charge is 2.21. The van der Waals surface area contributed by atoms with Crippen molar-refractivity contribution in [3.63, 3.8) is 0 Å². The molecule has 1 heterocycles. The first-order chi connectivity index (χ1) is 10.6. The maximum atomic E-state index is 6.16. The molecule has 22 heavy (non-hydrogen) atoms. The van der Waals surface area contributed by atoms with Gasteiger partial charge in [-0.05, 0) is 38.4 Å². The lowest BCUT2D eigenvalue weighted by Crippen LogP contribution is -2.29. The van der Waals surface area contributed by atoms with Gasteiger partial charge in [0.2, 0.25) is 0 Å². The first-order valence-corrected chi connectivity index (χ1v) is 7.72. The summed E-state index contributed by atoms with van der Waals surface area (Å²) in [4.78, 5) is 7.09. The fraction of sp³-hybridized carbons (Fsp3) is 0.278. The van der Waals surface area contributed by atoms with Crippen LogP contribution in [0.3, 0.4) is 0 Å². The first kappa shape index (κ1) is 15.1. The molecule has 3 rings (SSSR count). The molecule has 3 nitrogen and oxygen atoms in total. The van der Waals surface area contributed by atoms with E-state index in [1.54, 1.807) is 0 Å². The highest BCUT2D eigenvalue weighted by Crippen LogP contribution is 2.26. The smallest absolute Gasteiger partial charge is 0.128 e. The Kier molecular flexibility index (Phi) is 4.46. The van der Waals surface area contributed by atoms with Gasteiger partial charge in [0.1, 0.15) is 12.4 Å². The molecule has 0 fully saturated rings. The van der Waals surface area contributed by atoms with E-state index in [4.69, 9.17) is 21.3 Å². The quantitative estimate of drug-likeness (QED) is 0.866. The van der Waals surface area contributed by atoms with Crippen LogP contribution < -0.4 is 4.74 Å². The van der Waals surface area contributed by atoms with E-state index in [2.05, 4.69) is 4.90 Å². The van der Waals surface area contributed by atoms with E-state index in [1.165, 1.54) is 0 Å². The fourth-order valence-electron chi connectivity index (χ4n) is 2.64. The molecule has 0 radical (unpaired) electrons. The summed E-state index contributed by atoms with van der Waals surface area (Å²) in [7, 11) is 4.10. The van der Waals surface area contributed by atoms with Crippen molar-refractivity contribution in [2.45, 2.75) is 6.04 Å². The van der Waals surface area contributed by atoms with E-state index in [-0.39, 0.29) is 6.04 Å². The third-order valence-corrected chi connectivity index (χ3v) is 3.79. The number of likely N-dealkylation sites (N-methyl/N-ethyl adjacent to an activating group) is 1. The molecule has 2 aromatic carbocycles. The Labute approximate surface area is 136 Å². The SMILES string of the molecule is CN(C)CC1COc2ccccc2C(c2cccc(Cl)c2)=N1. The van der Waals surface area contributed by atoms with Gasteiger partial charge in [0.25, 0.3) is 0 Å². The molecular formula is C18H19ClN2O. The number of halogens is 1. The van der Waals surface area contributed by atoms with E-state index in [0.29, 0.717) is 11.6 Å². The summed E-state index contributed by atoms with van der Waals surface area (Å²) in [6.45, 7) is 1.43. The van der Waals surface area contributed by atoms with Gasteiger partial charge in [0.15, 0.2) is 0 Å². The minimum atomic E-state index is 0.0939. The number of nitrogens with zero attached hydrogens (tertiary/aromatic N) is 2. The number of hydrogen-bond acceptors (Lipinski definition) is 3. The second-order valence-corrected chi connectivity index (χ2v) is 6.15. The molecule has 114 valence electrons. The van der Waals surface area contributed by atoms with Crippen LogP contribution in [0.5, 0.6) is 5.75 Å². The molecule has 4 heteroatoms. The highest BCUT2D eigenvalue weighted by atomic mass is 35.5. The standard InChI is InChI=1S/C18H19ClN2O/c1-21(2)11-15-12-22-17-9-4-3-8-16(17)18(20-15)13-6-5-7-14(19)10-13/h3-10,15H,11-12H2,1-2H3. The van der Waals surface area contributed by atoms with E-state index >= 15 is 0 Å². The lowest BCUT2D eigenvalue weighted by Gasteiger charge is -2.16. The Morgan fingerprint density at radius 3 is 2.77 bits per heavy atom. The van der Waals surface area contributed by atoms with Crippen LogP contribution >= 0.6 is 11.6 Å². The van der Waals surface area contributed by atoms with Crippen molar-refractivity contribution in [2.24, 2.45) is 4.99 Å². The topological polar surface area (TPSA) is 24.8 Å². The minimum absolute atomic E-state index is 0.0939. The molecule has 1 atom stereocenters. The first-order valence-electron chi connectivity index (χ1n) is 7.34. The third-order valence-electron chi connectivity index (χ3n) is 3.56. The van der Waals surface area contributed by atoms with Crippen LogP contribution in [-0.2, 0) is 0 Å². The lowest BCUT2D eigenvalue weighted by molar-refractivity contribution is 0.258. The Balaban J connectivity index is 2.09. The van der Waals surface area contributed by atoms with Crippen LogP contribution in [0.4, 0.5) is 0 Å². The van der Waals surface area contributed by atoms with Crippen molar-refractivity contribution in [1.82, 2.24) is 4.90 Å². The van der Waals surface area contributed by atoms with E-state index in [1.807, 2.05) is 62.6 Å². The van der Waals surface area contributed by atoms with Crippen molar-refractivity contribution in [3.8, 4) is 5.75 Å². The molecule has 0 aliphatic carbocycles. The number of benzene rings is 2. The molecular weight excluding hydrogens is 296 g/mol. The van der Waals surface area contributed by atoms with Crippen LogP contribution in [0, 0.1) is 0 Å². The number of rotatable bonds is 3. The third kappa shape index (κ3) is 3.32. The molecule has 1 aliphatic heterocycles. The molecule has 2 aromatic rings. The van der Waals surface area contributed by atoms with Crippen molar-refractivity contribution in [3.05, 3.63) is 64.7 Å². The molecule has 0 N–H and O–H groups in total. The maximum absolute atomic E-state index is 6.16. The summed E-state index contributed by atoms with van der Waals surface area (Å²) in [6, 6.07) is 16.0. The monoisotopic (exact) mass is 314 g/mol.